The van der Waals surface area contributed by atoms with Crippen molar-refractivity contribution in [2.75, 3.05) is 0 Å². The average Bonchev–Trinajstić information content (AvgIpc) is 2.57. The van der Waals surface area contributed by atoms with Crippen LogP contribution in [-0.4, -0.2) is 23.0 Å². The first-order chi connectivity index (χ1) is 8.31. The molecule has 1 amide bonds. The van der Waals surface area contributed by atoms with E-state index in [0.717, 1.165) is 10.4 Å². The van der Waals surface area contributed by atoms with E-state index in [0.29, 0.717) is 11.3 Å². The van der Waals surface area contributed by atoms with Crippen LogP contribution >= 0.6 is 11.3 Å². The zero-order valence-electron chi connectivity index (χ0n) is 11.1. The summed E-state index contributed by atoms with van der Waals surface area (Å²) in [5.74, 6) is -1.07. The smallest absolute Gasteiger partial charge is 0.326 e. The molecule has 0 saturated carbocycles. The molecule has 1 aromatic rings. The Balaban J connectivity index is 2.75. The lowest BCUT2D eigenvalue weighted by Gasteiger charge is -2.15. The number of hydrogen-bond acceptors (Lipinski definition) is 3. The fourth-order valence-corrected chi connectivity index (χ4v) is 2.54. The second kappa shape index (κ2) is 6.00. The third-order valence-electron chi connectivity index (χ3n) is 2.70. The Hall–Kier alpha value is -1.36. The molecule has 100 valence electrons. The number of aryl methyl sites for hydroxylation is 2. The second-order valence-corrected chi connectivity index (χ2v) is 6.10. The maximum atomic E-state index is 11.9. The van der Waals surface area contributed by atoms with Gasteiger partial charge in [-0.25, -0.2) is 4.79 Å². The molecule has 4 nitrogen and oxygen atoms in total. The van der Waals surface area contributed by atoms with E-state index in [1.807, 2.05) is 27.7 Å². The van der Waals surface area contributed by atoms with Gasteiger partial charge in [0, 0.05) is 4.88 Å². The van der Waals surface area contributed by atoms with E-state index in [1.54, 1.807) is 6.07 Å². The highest BCUT2D eigenvalue weighted by atomic mass is 32.1. The highest BCUT2D eigenvalue weighted by Crippen LogP contribution is 2.20. The maximum absolute atomic E-state index is 11.9. The summed E-state index contributed by atoms with van der Waals surface area (Å²) in [6, 6.07) is 0.976. The number of rotatable bonds is 5. The van der Waals surface area contributed by atoms with Crippen molar-refractivity contribution in [3.63, 3.8) is 0 Å². The van der Waals surface area contributed by atoms with Gasteiger partial charge in [0.15, 0.2) is 0 Å². The largest absolute Gasteiger partial charge is 0.480 e. The lowest BCUT2D eigenvalue weighted by Crippen LogP contribution is -2.41. The zero-order chi connectivity index (χ0) is 13.9. The quantitative estimate of drug-likeness (QED) is 0.863. The Morgan fingerprint density at radius 2 is 2.00 bits per heavy atom. The van der Waals surface area contributed by atoms with E-state index in [1.165, 1.54) is 11.3 Å². The molecule has 0 radical (unpaired) electrons. The SMILES string of the molecule is Cc1cc(C(=O)N[C@@H](CC(C)C)C(=O)O)sc1C. The number of carboxylic acids is 1. The Kier molecular flexibility index (Phi) is 4.90. The van der Waals surface area contributed by atoms with Gasteiger partial charge < -0.3 is 10.4 Å². The third kappa shape index (κ3) is 3.84. The van der Waals surface area contributed by atoms with Crippen LogP contribution in [0.5, 0.6) is 0 Å². The van der Waals surface area contributed by atoms with Crippen LogP contribution in [-0.2, 0) is 4.79 Å². The van der Waals surface area contributed by atoms with Gasteiger partial charge in [-0.15, -0.1) is 11.3 Å². The minimum Gasteiger partial charge on any atom is -0.480 e. The van der Waals surface area contributed by atoms with E-state index >= 15 is 0 Å². The lowest BCUT2D eigenvalue weighted by atomic mass is 10.0. The van der Waals surface area contributed by atoms with Gasteiger partial charge in [0.25, 0.3) is 5.91 Å². The van der Waals surface area contributed by atoms with Crippen molar-refractivity contribution in [3.8, 4) is 0 Å². The van der Waals surface area contributed by atoms with Crippen LogP contribution in [0, 0.1) is 19.8 Å². The van der Waals surface area contributed by atoms with Gasteiger partial charge in [-0.3, -0.25) is 4.79 Å². The molecule has 1 rings (SSSR count). The molecule has 0 bridgehead atoms. The molecule has 0 aliphatic carbocycles. The third-order valence-corrected chi connectivity index (χ3v) is 3.85. The molecule has 0 aromatic carbocycles. The molecule has 0 saturated heterocycles. The minimum absolute atomic E-state index is 0.221. The standard InChI is InChI=1S/C13H19NO3S/c1-7(2)5-10(13(16)17)14-12(15)11-6-8(3)9(4)18-11/h6-7,10H,5H2,1-4H3,(H,14,15)(H,16,17)/t10-/m0/s1. The van der Waals surface area contributed by atoms with Crippen molar-refractivity contribution < 1.29 is 14.7 Å². The summed E-state index contributed by atoms with van der Waals surface area (Å²) in [5, 5.41) is 11.6. The van der Waals surface area contributed by atoms with Crippen molar-refractivity contribution in [1.29, 1.82) is 0 Å². The van der Waals surface area contributed by atoms with Crippen LogP contribution in [0.2, 0.25) is 0 Å². The Bertz CT molecular complexity index is 432. The molecule has 0 fully saturated rings. The number of carbonyl (C=O) groups is 2. The summed E-state index contributed by atoms with van der Waals surface area (Å²) >= 11 is 1.39. The number of thiophene rings is 1. The summed E-state index contributed by atoms with van der Waals surface area (Å²) in [6.07, 6.45) is 0.435. The van der Waals surface area contributed by atoms with Gasteiger partial charge in [-0.1, -0.05) is 13.8 Å². The van der Waals surface area contributed by atoms with Gasteiger partial charge in [-0.05, 0) is 37.8 Å². The second-order valence-electron chi connectivity index (χ2n) is 4.84. The van der Waals surface area contributed by atoms with E-state index in [2.05, 4.69) is 5.32 Å². The molecule has 1 aromatic heterocycles. The lowest BCUT2D eigenvalue weighted by molar-refractivity contribution is -0.139. The molecule has 1 atom stereocenters. The number of aliphatic carboxylic acids is 1. The molecule has 0 aliphatic heterocycles. The van der Waals surface area contributed by atoms with E-state index < -0.39 is 12.0 Å². The Labute approximate surface area is 111 Å². The summed E-state index contributed by atoms with van der Waals surface area (Å²) in [4.78, 5) is 24.7. The van der Waals surface area contributed by atoms with Crippen molar-refractivity contribution in [3.05, 3.63) is 21.4 Å². The van der Waals surface area contributed by atoms with E-state index in [-0.39, 0.29) is 11.8 Å². The first-order valence-corrected chi connectivity index (χ1v) is 6.73. The first kappa shape index (κ1) is 14.7. The molecule has 0 aliphatic rings. The van der Waals surface area contributed by atoms with Gasteiger partial charge in [0.05, 0.1) is 4.88 Å². The topological polar surface area (TPSA) is 66.4 Å². The van der Waals surface area contributed by atoms with E-state index in [4.69, 9.17) is 5.11 Å². The van der Waals surface area contributed by atoms with Crippen LogP contribution < -0.4 is 5.32 Å². The van der Waals surface area contributed by atoms with E-state index in [9.17, 15) is 9.59 Å². The van der Waals surface area contributed by atoms with Crippen molar-refractivity contribution in [2.45, 2.75) is 40.2 Å². The predicted molar refractivity (Wildman–Crippen MR) is 72.1 cm³/mol. The fourth-order valence-electron chi connectivity index (χ4n) is 1.61. The molecular weight excluding hydrogens is 250 g/mol. The van der Waals surface area contributed by atoms with Crippen molar-refractivity contribution in [1.82, 2.24) is 5.32 Å². The number of hydrogen-bond donors (Lipinski definition) is 2. The summed E-state index contributed by atoms with van der Waals surface area (Å²) < 4.78 is 0. The summed E-state index contributed by atoms with van der Waals surface area (Å²) in [6.45, 7) is 7.74. The first-order valence-electron chi connectivity index (χ1n) is 5.92. The van der Waals surface area contributed by atoms with Crippen LogP contribution in [0.25, 0.3) is 0 Å². The summed E-state index contributed by atoms with van der Waals surface area (Å²) in [5.41, 5.74) is 1.06. The molecule has 18 heavy (non-hydrogen) atoms. The summed E-state index contributed by atoms with van der Waals surface area (Å²) in [7, 11) is 0. The van der Waals surface area contributed by atoms with Crippen LogP contribution in [0.3, 0.4) is 0 Å². The Morgan fingerprint density at radius 3 is 2.39 bits per heavy atom. The highest BCUT2D eigenvalue weighted by Gasteiger charge is 2.22. The van der Waals surface area contributed by atoms with Crippen LogP contribution in [0.4, 0.5) is 0 Å². The van der Waals surface area contributed by atoms with Gasteiger partial charge >= 0.3 is 5.97 Å². The molecule has 1 heterocycles. The monoisotopic (exact) mass is 269 g/mol. The van der Waals surface area contributed by atoms with Crippen molar-refractivity contribution >= 4 is 23.2 Å². The molecule has 2 N–H and O–H groups in total. The zero-order valence-corrected chi connectivity index (χ0v) is 11.9. The molecule has 0 spiro atoms. The fraction of sp³-hybridized carbons (Fsp3) is 0.538. The average molecular weight is 269 g/mol. The normalized spacial score (nSPS) is 12.5. The van der Waals surface area contributed by atoms with Crippen LogP contribution in [0.15, 0.2) is 6.07 Å². The number of carbonyl (C=O) groups excluding carboxylic acids is 1. The molecule has 5 heteroatoms. The van der Waals surface area contributed by atoms with Crippen molar-refractivity contribution in [2.24, 2.45) is 5.92 Å². The number of nitrogens with one attached hydrogen (secondary N) is 1. The van der Waals surface area contributed by atoms with Gasteiger partial charge in [-0.2, -0.15) is 0 Å². The van der Waals surface area contributed by atoms with Gasteiger partial charge in [0.2, 0.25) is 0 Å². The van der Waals surface area contributed by atoms with Gasteiger partial charge in [0.1, 0.15) is 6.04 Å². The predicted octanol–water partition coefficient (Wildman–Crippen LogP) is 2.59. The number of carboxylic acid groups (broad SMARTS) is 1. The number of amides is 1. The molecule has 0 unspecified atom stereocenters. The van der Waals surface area contributed by atoms with Crippen LogP contribution in [0.1, 0.15) is 40.4 Å². The highest BCUT2D eigenvalue weighted by molar-refractivity contribution is 7.14. The maximum Gasteiger partial charge on any atom is 0.326 e. The Morgan fingerprint density at radius 1 is 1.39 bits per heavy atom. The molecular formula is C13H19NO3S. The minimum atomic E-state index is -0.984.